The minimum Gasteiger partial charge on any atom is -0.328 e. The van der Waals surface area contributed by atoms with Crippen LogP contribution in [-0.4, -0.2) is 35.9 Å². The Hall–Kier alpha value is -0.410. The molecule has 2 aliphatic heterocycles. The van der Waals surface area contributed by atoms with Crippen LogP contribution in [0.4, 0.5) is 0 Å². The molecule has 2 rings (SSSR count). The molecule has 0 aromatic heterocycles. The first-order valence-corrected chi connectivity index (χ1v) is 4.66. The van der Waals surface area contributed by atoms with Crippen molar-refractivity contribution in [2.75, 3.05) is 7.05 Å². The van der Waals surface area contributed by atoms with Crippen molar-refractivity contribution >= 4 is 5.78 Å². The fourth-order valence-corrected chi connectivity index (χ4v) is 2.49. The molecule has 0 aliphatic carbocycles. The van der Waals surface area contributed by atoms with Crippen molar-refractivity contribution in [2.45, 2.75) is 43.8 Å². The second kappa shape index (κ2) is 2.82. The number of carbonyl (C=O) groups excluding carboxylic acids is 1. The van der Waals surface area contributed by atoms with E-state index in [0.717, 1.165) is 25.7 Å². The number of Topliss-reactive ketones (excluding diaryl/α,β-unsaturated/α-hetero) is 1. The molecule has 2 saturated heterocycles. The van der Waals surface area contributed by atoms with Crippen LogP contribution in [-0.2, 0) is 4.79 Å². The van der Waals surface area contributed by atoms with Gasteiger partial charge >= 0.3 is 0 Å². The molecule has 2 atom stereocenters. The van der Waals surface area contributed by atoms with E-state index < -0.39 is 0 Å². The lowest BCUT2D eigenvalue weighted by atomic mass is 9.82. The Bertz CT molecular complexity index is 187. The number of ketones is 1. The molecule has 0 aromatic carbocycles. The number of rotatable bonds is 0. The number of fused-ring (bicyclic) bond motifs is 2. The highest BCUT2D eigenvalue weighted by atomic mass is 16.1. The average Bonchev–Trinajstić information content (AvgIpc) is 1.94. The van der Waals surface area contributed by atoms with Gasteiger partial charge in [0.05, 0.1) is 0 Å². The first-order valence-electron chi connectivity index (χ1n) is 4.66. The van der Waals surface area contributed by atoms with Crippen LogP contribution in [0.1, 0.15) is 25.7 Å². The smallest absolute Gasteiger partial charge is 0.136 e. The van der Waals surface area contributed by atoms with E-state index in [4.69, 9.17) is 5.73 Å². The molecule has 2 heterocycles. The number of piperidine rings is 2. The average molecular weight is 168 g/mol. The van der Waals surface area contributed by atoms with E-state index >= 15 is 0 Å². The lowest BCUT2D eigenvalue weighted by Crippen LogP contribution is -2.55. The third kappa shape index (κ3) is 1.27. The lowest BCUT2D eigenvalue weighted by Gasteiger charge is -2.45. The Kier molecular flexibility index (Phi) is 1.93. The molecule has 0 saturated carbocycles. The summed E-state index contributed by atoms with van der Waals surface area (Å²) in [5.74, 6) is 0.426. The summed E-state index contributed by atoms with van der Waals surface area (Å²) in [5, 5.41) is 0. The molecule has 2 N–H and O–H groups in total. The van der Waals surface area contributed by atoms with Gasteiger partial charge in [-0.3, -0.25) is 9.69 Å². The van der Waals surface area contributed by atoms with Crippen molar-refractivity contribution in [1.29, 1.82) is 0 Å². The number of nitrogens with zero attached hydrogens (tertiary/aromatic N) is 1. The van der Waals surface area contributed by atoms with Crippen LogP contribution in [0.5, 0.6) is 0 Å². The molecule has 2 fully saturated rings. The third-order valence-electron chi connectivity index (χ3n) is 3.23. The first-order chi connectivity index (χ1) is 5.66. The molecule has 3 nitrogen and oxygen atoms in total. The molecule has 3 heteroatoms. The zero-order valence-electron chi connectivity index (χ0n) is 7.49. The Morgan fingerprint density at radius 2 is 1.83 bits per heavy atom. The fraction of sp³-hybridized carbons (Fsp3) is 0.889. The van der Waals surface area contributed by atoms with Crippen LogP contribution in [0.15, 0.2) is 0 Å². The molecule has 12 heavy (non-hydrogen) atoms. The summed E-state index contributed by atoms with van der Waals surface area (Å²) in [5.41, 5.74) is 5.89. The highest BCUT2D eigenvalue weighted by molar-refractivity contribution is 5.80. The van der Waals surface area contributed by atoms with Crippen LogP contribution in [0.3, 0.4) is 0 Å². The molecule has 68 valence electrons. The predicted octanol–water partition coefficient (Wildman–Crippen LogP) is 0.139. The Labute approximate surface area is 72.9 Å². The minimum absolute atomic E-state index is 0.323. The maximum atomic E-state index is 11.3. The largest absolute Gasteiger partial charge is 0.328 e. The van der Waals surface area contributed by atoms with Gasteiger partial charge in [0.25, 0.3) is 0 Å². The van der Waals surface area contributed by atoms with Gasteiger partial charge in [-0.2, -0.15) is 0 Å². The maximum absolute atomic E-state index is 11.3. The van der Waals surface area contributed by atoms with Gasteiger partial charge in [-0.25, -0.2) is 0 Å². The Morgan fingerprint density at radius 1 is 1.33 bits per heavy atom. The monoisotopic (exact) mass is 168 g/mol. The molecule has 0 spiro atoms. The zero-order valence-corrected chi connectivity index (χ0v) is 7.49. The lowest BCUT2D eigenvalue weighted by molar-refractivity contribution is -0.126. The molecule has 2 bridgehead atoms. The van der Waals surface area contributed by atoms with Gasteiger partial charge in [-0.05, 0) is 19.9 Å². The highest BCUT2D eigenvalue weighted by Gasteiger charge is 2.37. The van der Waals surface area contributed by atoms with E-state index in [1.54, 1.807) is 0 Å². The van der Waals surface area contributed by atoms with Crippen LogP contribution in [0.2, 0.25) is 0 Å². The first kappa shape index (κ1) is 8.20. The summed E-state index contributed by atoms with van der Waals surface area (Å²) in [6.07, 6.45) is 3.44. The third-order valence-corrected chi connectivity index (χ3v) is 3.23. The second-order valence-electron chi connectivity index (χ2n) is 4.15. The van der Waals surface area contributed by atoms with Crippen LogP contribution in [0, 0.1) is 0 Å². The van der Waals surface area contributed by atoms with Gasteiger partial charge in [0, 0.05) is 31.0 Å². The fourth-order valence-electron chi connectivity index (χ4n) is 2.49. The van der Waals surface area contributed by atoms with E-state index in [-0.39, 0.29) is 0 Å². The van der Waals surface area contributed by atoms with Crippen molar-refractivity contribution in [3.05, 3.63) is 0 Å². The molecule has 0 aromatic rings. The number of carbonyl (C=O) groups is 1. The second-order valence-corrected chi connectivity index (χ2v) is 4.15. The van der Waals surface area contributed by atoms with E-state index in [0.29, 0.717) is 23.9 Å². The van der Waals surface area contributed by atoms with Crippen LogP contribution in [0.25, 0.3) is 0 Å². The molecular formula is C9H16N2O. The van der Waals surface area contributed by atoms with E-state index in [2.05, 4.69) is 11.9 Å². The number of hydrogen-bond donors (Lipinski definition) is 1. The van der Waals surface area contributed by atoms with Gasteiger partial charge in [0.1, 0.15) is 5.78 Å². The van der Waals surface area contributed by atoms with Gasteiger partial charge in [0.2, 0.25) is 0 Å². The predicted molar refractivity (Wildman–Crippen MR) is 46.8 cm³/mol. The zero-order chi connectivity index (χ0) is 8.72. The summed E-state index contributed by atoms with van der Waals surface area (Å²) >= 11 is 0. The summed E-state index contributed by atoms with van der Waals surface area (Å²) in [6.45, 7) is 0. The quantitative estimate of drug-likeness (QED) is 0.559. The van der Waals surface area contributed by atoms with Crippen molar-refractivity contribution in [2.24, 2.45) is 5.73 Å². The van der Waals surface area contributed by atoms with Crippen LogP contribution >= 0.6 is 0 Å². The standard InChI is InChI=1S/C9H16N2O/c1-11-7-2-6(10)3-8(11)5-9(12)4-7/h6-8H,2-5,10H2,1H3. The normalized spacial score (nSPS) is 43.2. The van der Waals surface area contributed by atoms with Gasteiger partial charge < -0.3 is 5.73 Å². The van der Waals surface area contributed by atoms with Gasteiger partial charge in [-0.15, -0.1) is 0 Å². The van der Waals surface area contributed by atoms with Gasteiger partial charge in [-0.1, -0.05) is 0 Å². The summed E-state index contributed by atoms with van der Waals surface area (Å²) in [4.78, 5) is 13.6. The summed E-state index contributed by atoms with van der Waals surface area (Å²) in [7, 11) is 2.12. The molecule has 2 aliphatic rings. The molecule has 0 radical (unpaired) electrons. The van der Waals surface area contributed by atoms with Crippen molar-refractivity contribution in [3.63, 3.8) is 0 Å². The summed E-state index contributed by atoms with van der Waals surface area (Å²) < 4.78 is 0. The number of hydrogen-bond acceptors (Lipinski definition) is 3. The number of nitrogens with two attached hydrogens (primary N) is 1. The molecular weight excluding hydrogens is 152 g/mol. The Balaban J connectivity index is 2.13. The maximum Gasteiger partial charge on any atom is 0.136 e. The van der Waals surface area contributed by atoms with Crippen LogP contribution < -0.4 is 5.73 Å². The topological polar surface area (TPSA) is 46.3 Å². The molecule has 2 unspecified atom stereocenters. The van der Waals surface area contributed by atoms with Crippen molar-refractivity contribution < 1.29 is 4.79 Å². The van der Waals surface area contributed by atoms with E-state index in [1.165, 1.54) is 0 Å². The minimum atomic E-state index is 0.323. The van der Waals surface area contributed by atoms with E-state index in [1.807, 2.05) is 0 Å². The van der Waals surface area contributed by atoms with Crippen molar-refractivity contribution in [3.8, 4) is 0 Å². The highest BCUT2D eigenvalue weighted by Crippen LogP contribution is 2.29. The van der Waals surface area contributed by atoms with E-state index in [9.17, 15) is 4.79 Å². The van der Waals surface area contributed by atoms with Crippen molar-refractivity contribution in [1.82, 2.24) is 4.90 Å². The molecule has 0 amide bonds. The Morgan fingerprint density at radius 3 is 2.33 bits per heavy atom. The van der Waals surface area contributed by atoms with Gasteiger partial charge in [0.15, 0.2) is 0 Å². The summed E-state index contributed by atoms with van der Waals surface area (Å²) in [6, 6.07) is 1.18. The SMILES string of the molecule is CN1C2CC(=O)CC1CC(N)C2.